The number of hydrogen-bond acceptors (Lipinski definition) is 24. The van der Waals surface area contributed by atoms with Crippen LogP contribution in [-0.4, -0.2) is 228 Å². The summed E-state index contributed by atoms with van der Waals surface area (Å²) in [4.78, 5) is 146. The second-order valence-corrected chi connectivity index (χ2v) is 27.8. The number of urea groups is 4. The predicted octanol–water partition coefficient (Wildman–Crippen LogP) is 9.57. The van der Waals surface area contributed by atoms with E-state index in [4.69, 9.17) is 20.8 Å². The van der Waals surface area contributed by atoms with E-state index in [1.165, 1.54) is 49.6 Å². The Hall–Kier alpha value is -15.1. The fraction of sp³-hybridized carbons (Fsp3) is 0.224. The summed E-state index contributed by atoms with van der Waals surface area (Å²) in [6.45, 7) is 8.78. The van der Waals surface area contributed by atoms with Gasteiger partial charge >= 0.3 is 24.1 Å². The van der Waals surface area contributed by atoms with Crippen molar-refractivity contribution in [3.8, 4) is 22.3 Å². The van der Waals surface area contributed by atoms with E-state index < -0.39 is 23.6 Å². The van der Waals surface area contributed by atoms with Crippen LogP contribution in [0.2, 0.25) is 0 Å². The molecule has 4 aromatic heterocycles. The van der Waals surface area contributed by atoms with E-state index in [0.29, 0.717) is 115 Å². The second-order valence-electron chi connectivity index (χ2n) is 27.8. The lowest BCUT2D eigenvalue weighted by Crippen LogP contribution is -2.52. The van der Waals surface area contributed by atoms with Gasteiger partial charge in [0.15, 0.2) is 0 Å². The SMILES string of the molecule is CN(C(=O)N1CCN(c2ncc(C(=O)NO)cn2)CC1)c1ccccc1.O=C(NCC1CCN(c2ncc(C(=O)NO)cn2)CC1)Nc1ccc(-c2ccccc2)cc1.O=C(NO)c1cnc(N2CCN(C(=O)N(c3ccccc3)c3ccccc3)CC2)nc1.O=C(NO)c1cnc(N2CCN(C(=O)Nc3ccc(-c4ccccc4)cc3)CC2)nc1. The van der Waals surface area contributed by atoms with Crippen molar-refractivity contribution < 1.29 is 59.2 Å². The van der Waals surface area contributed by atoms with E-state index in [1.807, 2.05) is 213 Å². The van der Waals surface area contributed by atoms with Gasteiger partial charge in [-0.25, -0.2) is 81.0 Å². The number of nitrogens with zero attached hydrogens (tertiary/aromatic N) is 17. The molecule has 12 amide bonds. The molecule has 121 heavy (non-hydrogen) atoms. The summed E-state index contributed by atoms with van der Waals surface area (Å²) in [5.74, 6) is -0.264. The molecular weight excluding hydrogens is 1550 g/mol. The number of hydrogen-bond donors (Lipinski definition) is 11. The molecule has 0 atom stereocenters. The molecular formula is C85H90N24O12. The highest BCUT2D eigenvalue weighted by Crippen LogP contribution is 2.30. The molecule has 4 saturated heterocycles. The Morgan fingerprint density at radius 1 is 0.331 bits per heavy atom. The summed E-state index contributed by atoms with van der Waals surface area (Å²) in [6, 6.07) is 63.9. The Labute approximate surface area is 696 Å². The summed E-state index contributed by atoms with van der Waals surface area (Å²) in [7, 11) is 1.76. The summed E-state index contributed by atoms with van der Waals surface area (Å²) in [5.41, 5.74) is 15.3. The molecule has 15 rings (SSSR count). The Morgan fingerprint density at radius 2 is 0.612 bits per heavy atom. The summed E-state index contributed by atoms with van der Waals surface area (Å²) in [5, 5.41) is 43.4. The molecule has 0 spiro atoms. The third kappa shape index (κ3) is 23.4. The van der Waals surface area contributed by atoms with E-state index in [9.17, 15) is 38.4 Å². The highest BCUT2D eigenvalue weighted by molar-refractivity contribution is 6.00. The monoisotopic (exact) mass is 1640 g/mol. The van der Waals surface area contributed by atoms with E-state index in [-0.39, 0.29) is 46.4 Å². The molecule has 0 aliphatic carbocycles. The fourth-order valence-corrected chi connectivity index (χ4v) is 13.3. The van der Waals surface area contributed by atoms with Crippen LogP contribution in [0.4, 0.5) is 71.4 Å². The fourth-order valence-electron chi connectivity index (χ4n) is 13.3. The maximum absolute atomic E-state index is 13.4. The van der Waals surface area contributed by atoms with Crippen molar-refractivity contribution in [3.63, 3.8) is 0 Å². The van der Waals surface area contributed by atoms with E-state index in [0.717, 1.165) is 76.6 Å². The number of hydroxylamine groups is 4. The standard InChI is InChI=1S/C24H26N6O3.2C22H22N6O3.C17H20N6O3/c31-22(29-33)20-15-25-23(26-16-20)30-12-10-17(11-13-30)14-27-24(32)28-21-8-6-19(7-9-21)18-4-2-1-3-5-18;29-20(25-31)17-15-23-21(24-16-17)26-11-13-27(14-12-26)22(30)28(18-7-3-1-4-8-18)19-9-5-2-6-10-19;29-20(26-31)18-14-23-21(24-15-18)27-10-12-28(13-11-27)22(30)25-19-8-6-17(7-9-19)16-4-2-1-3-5-16;1-21(14-5-3-2-4-6-14)17(25)23-9-7-22(8-10-23)16-18-11-13(12-19-16)15(24)20-26/h1-9,15-17,33H,10-14H2,(H,29,31)(H2,27,28,32);1-10,15-16,31H,11-14H2,(H,25,29);1-9,14-15,31H,10-13H2,(H,25,30)(H,26,29);2-6,11-12,26H,7-10H2,1H3,(H,20,24). The van der Waals surface area contributed by atoms with Crippen LogP contribution in [0, 0.1) is 5.92 Å². The minimum absolute atomic E-state index is 0.0493. The number of nitrogens with one attached hydrogen (secondary N) is 7. The molecule has 0 radical (unpaired) electrons. The van der Waals surface area contributed by atoms with Crippen molar-refractivity contribution >= 4 is 100.0 Å². The first kappa shape index (κ1) is 85.2. The lowest BCUT2D eigenvalue weighted by Gasteiger charge is -2.37. The van der Waals surface area contributed by atoms with Crippen molar-refractivity contribution in [2.45, 2.75) is 12.8 Å². The lowest BCUT2D eigenvalue weighted by molar-refractivity contribution is 0.0701. The van der Waals surface area contributed by atoms with Crippen LogP contribution in [0.5, 0.6) is 0 Å². The van der Waals surface area contributed by atoms with Crippen LogP contribution in [0.25, 0.3) is 22.3 Å². The number of piperazine rings is 3. The maximum atomic E-state index is 13.4. The number of para-hydroxylation sites is 3. The van der Waals surface area contributed by atoms with E-state index in [1.54, 1.807) is 48.6 Å². The van der Waals surface area contributed by atoms with Crippen LogP contribution < -0.4 is 67.3 Å². The van der Waals surface area contributed by atoms with Crippen molar-refractivity contribution in [2.75, 3.05) is 145 Å². The number of rotatable bonds is 17. The highest BCUT2D eigenvalue weighted by Gasteiger charge is 2.31. The Kier molecular flexibility index (Phi) is 30.0. The number of benzene rings is 7. The third-order valence-electron chi connectivity index (χ3n) is 20.1. The van der Waals surface area contributed by atoms with Gasteiger partial charge in [-0.2, -0.15) is 0 Å². The summed E-state index contributed by atoms with van der Waals surface area (Å²) >= 11 is 0. The zero-order chi connectivity index (χ0) is 84.8. The molecule has 36 heteroatoms. The van der Waals surface area contributed by atoms with Gasteiger partial charge in [0.05, 0.1) is 33.6 Å². The van der Waals surface area contributed by atoms with Gasteiger partial charge in [0.2, 0.25) is 23.8 Å². The zero-order valence-electron chi connectivity index (χ0n) is 65.9. The lowest BCUT2D eigenvalue weighted by atomic mass is 9.97. The minimum Gasteiger partial charge on any atom is -0.341 e. The van der Waals surface area contributed by atoms with Gasteiger partial charge < -0.3 is 50.2 Å². The number of piperidine rings is 1. The smallest absolute Gasteiger partial charge is 0.329 e. The average molecular weight is 1640 g/mol. The Morgan fingerprint density at radius 3 is 0.942 bits per heavy atom. The molecule has 11 aromatic rings. The maximum Gasteiger partial charge on any atom is 0.329 e. The molecule has 4 aliphatic heterocycles. The molecule has 0 saturated carbocycles. The van der Waals surface area contributed by atoms with Gasteiger partial charge in [0.1, 0.15) is 0 Å². The predicted molar refractivity (Wildman–Crippen MR) is 452 cm³/mol. The zero-order valence-corrected chi connectivity index (χ0v) is 65.9. The van der Waals surface area contributed by atoms with Gasteiger partial charge in [0.25, 0.3) is 23.6 Å². The number of aromatic nitrogens is 8. The normalized spacial score (nSPS) is 13.8. The first-order chi connectivity index (χ1) is 59.0. The van der Waals surface area contributed by atoms with E-state index in [2.05, 4.69) is 68.0 Å². The quantitative estimate of drug-likeness (QED) is 0.0298. The summed E-state index contributed by atoms with van der Waals surface area (Å²) in [6.07, 6.45) is 12.7. The molecule has 8 heterocycles. The molecule has 4 fully saturated rings. The van der Waals surface area contributed by atoms with Crippen molar-refractivity contribution in [1.29, 1.82) is 0 Å². The average Bonchev–Trinajstić information content (AvgIpc) is 0.849. The highest BCUT2D eigenvalue weighted by atomic mass is 16.5. The number of carbonyl (C=O) groups is 8. The van der Waals surface area contributed by atoms with Gasteiger partial charge in [-0.3, -0.25) is 49.8 Å². The first-order valence-electron chi connectivity index (χ1n) is 38.8. The van der Waals surface area contributed by atoms with Crippen LogP contribution in [0.1, 0.15) is 54.3 Å². The van der Waals surface area contributed by atoms with Gasteiger partial charge in [-0.15, -0.1) is 0 Å². The number of anilines is 9. The van der Waals surface area contributed by atoms with E-state index >= 15 is 0 Å². The molecule has 36 nitrogen and oxygen atoms in total. The van der Waals surface area contributed by atoms with Gasteiger partial charge in [-0.05, 0) is 102 Å². The molecule has 0 bridgehead atoms. The van der Waals surface area contributed by atoms with Crippen molar-refractivity contribution in [1.82, 2.24) is 81.8 Å². The first-order valence-corrected chi connectivity index (χ1v) is 38.8. The van der Waals surface area contributed by atoms with Gasteiger partial charge in [0, 0.05) is 172 Å². The van der Waals surface area contributed by atoms with Crippen LogP contribution in [-0.2, 0) is 0 Å². The Balaban J connectivity index is 0.000000148. The number of amides is 12. The van der Waals surface area contributed by atoms with Crippen molar-refractivity contribution in [3.05, 3.63) is 272 Å². The largest absolute Gasteiger partial charge is 0.341 e. The minimum atomic E-state index is -0.663. The molecule has 11 N–H and O–H groups in total. The van der Waals surface area contributed by atoms with Gasteiger partial charge in [-0.1, -0.05) is 140 Å². The molecule has 0 unspecified atom stereocenters. The Bertz CT molecular complexity index is 5140. The topological polar surface area (TPSA) is 434 Å². The van der Waals surface area contributed by atoms with Crippen LogP contribution in [0.15, 0.2) is 250 Å². The molecule has 622 valence electrons. The molecule has 7 aromatic carbocycles. The third-order valence-corrected chi connectivity index (χ3v) is 20.1. The number of carbonyl (C=O) groups excluding carboxylic acids is 8. The molecule has 4 aliphatic rings. The summed E-state index contributed by atoms with van der Waals surface area (Å²) < 4.78 is 0. The van der Waals surface area contributed by atoms with Crippen LogP contribution in [0.3, 0.4) is 0 Å². The second kappa shape index (κ2) is 42.6. The van der Waals surface area contributed by atoms with Crippen molar-refractivity contribution in [2.24, 2.45) is 5.92 Å². The van der Waals surface area contributed by atoms with Crippen LogP contribution >= 0.6 is 0 Å².